The average molecular weight is 170 g/mol. The molecule has 0 aliphatic carbocycles. The number of carbonyl (C=O) groups is 1. The molecule has 0 spiro atoms. The summed E-state index contributed by atoms with van der Waals surface area (Å²) < 4.78 is 12.9. The molecule has 0 N–H and O–H groups in total. The van der Waals surface area contributed by atoms with E-state index in [1.165, 1.54) is 18.7 Å². The quantitative estimate of drug-likeness (QED) is 0.582. The van der Waals surface area contributed by atoms with Crippen LogP contribution in [0.5, 0.6) is 0 Å². The van der Waals surface area contributed by atoms with E-state index in [4.69, 9.17) is 5.26 Å². The summed E-state index contributed by atoms with van der Waals surface area (Å²) in [5.74, 6) is -0.922. The van der Waals surface area contributed by atoms with Gasteiger partial charge in [-0.05, 0) is 13.8 Å². The fourth-order valence-corrected chi connectivity index (χ4v) is 1.23. The van der Waals surface area contributed by atoms with E-state index in [0.717, 1.165) is 0 Å². The standard InChI is InChI=1S/C8H11FN2O/c1-6(3-10)7(12)11-4-8(2,9)5-11/h6H,4-5H2,1-2H3. The first kappa shape index (κ1) is 8.98. The predicted octanol–water partition coefficient (Wildman–Crippen LogP) is 0.716. The fraction of sp³-hybridized carbons (Fsp3) is 0.750. The van der Waals surface area contributed by atoms with Crippen molar-refractivity contribution in [2.75, 3.05) is 13.1 Å². The molecule has 4 heteroatoms. The molecule has 0 bridgehead atoms. The van der Waals surface area contributed by atoms with Crippen LogP contribution in [0.25, 0.3) is 0 Å². The van der Waals surface area contributed by atoms with Crippen molar-refractivity contribution in [3.8, 4) is 6.07 Å². The lowest BCUT2D eigenvalue weighted by Crippen LogP contribution is -2.60. The Bertz CT molecular complexity index is 236. The highest BCUT2D eigenvalue weighted by atomic mass is 19.1. The zero-order valence-corrected chi connectivity index (χ0v) is 7.17. The number of hydrogen-bond acceptors (Lipinski definition) is 2. The monoisotopic (exact) mass is 170 g/mol. The van der Waals surface area contributed by atoms with Gasteiger partial charge in [0.1, 0.15) is 11.6 Å². The van der Waals surface area contributed by atoms with Crippen LogP contribution in [0, 0.1) is 17.2 Å². The van der Waals surface area contributed by atoms with Gasteiger partial charge in [0.15, 0.2) is 0 Å². The lowest BCUT2D eigenvalue weighted by molar-refractivity contribution is -0.146. The molecule has 0 aromatic carbocycles. The van der Waals surface area contributed by atoms with Gasteiger partial charge < -0.3 is 4.90 Å². The van der Waals surface area contributed by atoms with Gasteiger partial charge in [-0.2, -0.15) is 5.26 Å². The molecule has 1 atom stereocenters. The van der Waals surface area contributed by atoms with Gasteiger partial charge >= 0.3 is 0 Å². The lowest BCUT2D eigenvalue weighted by atomic mass is 9.97. The van der Waals surface area contributed by atoms with E-state index in [1.807, 2.05) is 6.07 Å². The van der Waals surface area contributed by atoms with Crippen molar-refractivity contribution in [1.82, 2.24) is 4.90 Å². The second-order valence-electron chi connectivity index (χ2n) is 3.46. The number of likely N-dealkylation sites (tertiary alicyclic amines) is 1. The summed E-state index contributed by atoms with van der Waals surface area (Å²) in [5, 5.41) is 8.41. The fourth-order valence-electron chi connectivity index (χ4n) is 1.23. The van der Waals surface area contributed by atoms with Crippen molar-refractivity contribution >= 4 is 5.91 Å². The van der Waals surface area contributed by atoms with E-state index in [2.05, 4.69) is 0 Å². The number of rotatable bonds is 1. The second kappa shape index (κ2) is 2.74. The van der Waals surface area contributed by atoms with Gasteiger partial charge in [0.2, 0.25) is 5.91 Å². The van der Waals surface area contributed by atoms with Crippen molar-refractivity contribution in [1.29, 1.82) is 5.26 Å². The van der Waals surface area contributed by atoms with E-state index in [1.54, 1.807) is 0 Å². The first-order valence-electron chi connectivity index (χ1n) is 3.83. The summed E-state index contributed by atoms with van der Waals surface area (Å²) in [4.78, 5) is 12.5. The van der Waals surface area contributed by atoms with Crippen LogP contribution in [0.2, 0.25) is 0 Å². The van der Waals surface area contributed by atoms with Crippen molar-refractivity contribution in [3.05, 3.63) is 0 Å². The van der Waals surface area contributed by atoms with E-state index < -0.39 is 11.6 Å². The third-order valence-corrected chi connectivity index (χ3v) is 1.92. The van der Waals surface area contributed by atoms with Crippen LogP contribution in [-0.4, -0.2) is 29.6 Å². The van der Waals surface area contributed by atoms with Gasteiger partial charge in [-0.3, -0.25) is 4.79 Å². The Morgan fingerprint density at radius 2 is 2.25 bits per heavy atom. The van der Waals surface area contributed by atoms with Crippen molar-refractivity contribution in [3.63, 3.8) is 0 Å². The third-order valence-electron chi connectivity index (χ3n) is 1.92. The topological polar surface area (TPSA) is 44.1 Å². The third kappa shape index (κ3) is 1.55. The zero-order valence-electron chi connectivity index (χ0n) is 7.17. The second-order valence-corrected chi connectivity index (χ2v) is 3.46. The molecule has 1 unspecified atom stereocenters. The highest BCUT2D eigenvalue weighted by Gasteiger charge is 2.42. The summed E-state index contributed by atoms with van der Waals surface area (Å²) in [6, 6.07) is 1.83. The molecule has 0 radical (unpaired) electrons. The number of hydrogen-bond donors (Lipinski definition) is 0. The van der Waals surface area contributed by atoms with Crippen LogP contribution in [0.1, 0.15) is 13.8 Å². The molecular weight excluding hydrogens is 159 g/mol. The minimum atomic E-state index is -1.25. The van der Waals surface area contributed by atoms with Gasteiger partial charge in [-0.15, -0.1) is 0 Å². The maximum absolute atomic E-state index is 12.9. The summed E-state index contributed by atoms with van der Waals surface area (Å²) in [5.41, 5.74) is -1.25. The van der Waals surface area contributed by atoms with Crippen LogP contribution in [-0.2, 0) is 4.79 Å². The Balaban J connectivity index is 2.45. The van der Waals surface area contributed by atoms with Crippen LogP contribution < -0.4 is 0 Å². The molecule has 1 aliphatic heterocycles. The molecule has 66 valence electrons. The number of nitriles is 1. The molecule has 1 rings (SSSR count). The molecule has 0 saturated carbocycles. The molecule has 1 fully saturated rings. The average Bonchev–Trinajstić information content (AvgIpc) is 1.97. The SMILES string of the molecule is CC(C#N)C(=O)N1CC(C)(F)C1. The lowest BCUT2D eigenvalue weighted by Gasteiger charge is -2.42. The molecule has 1 saturated heterocycles. The Kier molecular flexibility index (Phi) is 2.05. The van der Waals surface area contributed by atoms with Crippen LogP contribution in [0.4, 0.5) is 4.39 Å². The Morgan fingerprint density at radius 1 is 1.75 bits per heavy atom. The van der Waals surface area contributed by atoms with E-state index in [9.17, 15) is 9.18 Å². The number of carbonyl (C=O) groups excluding carboxylic acids is 1. The number of halogens is 1. The van der Waals surface area contributed by atoms with Crippen LogP contribution >= 0.6 is 0 Å². The minimum Gasteiger partial charge on any atom is -0.335 e. The van der Waals surface area contributed by atoms with Gasteiger partial charge in [0, 0.05) is 0 Å². The molecule has 1 aliphatic rings. The molecule has 0 aromatic rings. The Hall–Kier alpha value is -1.11. The van der Waals surface area contributed by atoms with Crippen molar-refractivity contribution in [2.45, 2.75) is 19.5 Å². The summed E-state index contributed by atoms with van der Waals surface area (Å²) in [6.07, 6.45) is 0. The van der Waals surface area contributed by atoms with Gasteiger partial charge in [-0.1, -0.05) is 0 Å². The molecule has 0 aromatic heterocycles. The van der Waals surface area contributed by atoms with E-state index in [0.29, 0.717) is 0 Å². The van der Waals surface area contributed by atoms with E-state index in [-0.39, 0.29) is 19.0 Å². The first-order valence-corrected chi connectivity index (χ1v) is 3.83. The molecule has 3 nitrogen and oxygen atoms in total. The normalized spacial score (nSPS) is 22.3. The summed E-state index contributed by atoms with van der Waals surface area (Å²) in [6.45, 7) is 3.22. The highest BCUT2D eigenvalue weighted by Crippen LogP contribution is 2.25. The summed E-state index contributed by atoms with van der Waals surface area (Å²) in [7, 11) is 0. The molecule has 1 amide bonds. The Morgan fingerprint density at radius 3 is 2.58 bits per heavy atom. The van der Waals surface area contributed by atoms with Gasteiger partial charge in [0.25, 0.3) is 0 Å². The van der Waals surface area contributed by atoms with E-state index >= 15 is 0 Å². The first-order chi connectivity index (χ1) is 5.46. The van der Waals surface area contributed by atoms with Crippen molar-refractivity contribution < 1.29 is 9.18 Å². The number of amides is 1. The number of nitrogens with zero attached hydrogens (tertiary/aromatic N) is 2. The molecular formula is C8H11FN2O. The zero-order chi connectivity index (χ0) is 9.35. The predicted molar refractivity (Wildman–Crippen MR) is 40.9 cm³/mol. The summed E-state index contributed by atoms with van der Waals surface area (Å²) >= 11 is 0. The minimum absolute atomic E-state index is 0.123. The molecule has 1 heterocycles. The van der Waals surface area contributed by atoms with Crippen LogP contribution in [0.15, 0.2) is 0 Å². The Labute approximate surface area is 70.8 Å². The largest absolute Gasteiger partial charge is 0.335 e. The van der Waals surface area contributed by atoms with Gasteiger partial charge in [0.05, 0.1) is 19.2 Å². The highest BCUT2D eigenvalue weighted by molar-refractivity contribution is 5.81. The van der Waals surface area contributed by atoms with Gasteiger partial charge in [-0.25, -0.2) is 4.39 Å². The maximum Gasteiger partial charge on any atom is 0.239 e. The number of alkyl halides is 1. The van der Waals surface area contributed by atoms with Crippen molar-refractivity contribution in [2.24, 2.45) is 5.92 Å². The molecule has 12 heavy (non-hydrogen) atoms. The smallest absolute Gasteiger partial charge is 0.239 e. The van der Waals surface area contributed by atoms with Crippen LogP contribution in [0.3, 0.4) is 0 Å². The maximum atomic E-state index is 12.9.